The maximum Gasteiger partial charge on any atom is 0.303 e. The number of amides is 1. The maximum atomic E-state index is 11.4. The minimum Gasteiger partial charge on any atom is -0.481 e. The highest BCUT2D eigenvalue weighted by molar-refractivity contribution is 5.95. The third-order valence-corrected chi connectivity index (χ3v) is 2.30. The fourth-order valence-electron chi connectivity index (χ4n) is 1.32. The molecule has 5 nitrogen and oxygen atoms in total. The fraction of sp³-hybridized carbons (Fsp3) is 0.214. The molecule has 2 N–H and O–H groups in total. The van der Waals surface area contributed by atoms with E-state index in [-0.39, 0.29) is 31.1 Å². The number of nitrogens with one attached hydrogen (secondary N) is 1. The van der Waals surface area contributed by atoms with Crippen LogP contribution in [0.2, 0.25) is 0 Å². The molecule has 0 heterocycles. The van der Waals surface area contributed by atoms with Crippen molar-refractivity contribution in [3.8, 4) is 0 Å². The lowest BCUT2D eigenvalue weighted by Gasteiger charge is -2.00. The number of hydrogen-bond donors (Lipinski definition) is 2. The Bertz CT molecular complexity index is 479. The first-order valence-corrected chi connectivity index (χ1v) is 5.82. The largest absolute Gasteiger partial charge is 0.481 e. The molecule has 0 aromatic heterocycles. The maximum absolute atomic E-state index is 11.4. The summed E-state index contributed by atoms with van der Waals surface area (Å²) >= 11 is 0. The molecule has 1 aromatic rings. The lowest BCUT2D eigenvalue weighted by atomic mass is 10.2. The van der Waals surface area contributed by atoms with E-state index >= 15 is 0 Å². The van der Waals surface area contributed by atoms with Gasteiger partial charge in [-0.25, -0.2) is 0 Å². The molecular formula is C14H15NO4. The van der Waals surface area contributed by atoms with Gasteiger partial charge in [-0.2, -0.15) is 0 Å². The van der Waals surface area contributed by atoms with Crippen molar-refractivity contribution < 1.29 is 19.5 Å². The Balaban J connectivity index is 2.30. The van der Waals surface area contributed by atoms with Crippen LogP contribution in [0.25, 0.3) is 6.08 Å². The summed E-state index contributed by atoms with van der Waals surface area (Å²) in [5.41, 5.74) is 0.884. The summed E-state index contributed by atoms with van der Waals surface area (Å²) < 4.78 is 0. The summed E-state index contributed by atoms with van der Waals surface area (Å²) in [4.78, 5) is 32.9. The standard InChI is InChI=1S/C14H15NO4/c16-12(7-9-14(18)19)10-15-13(17)8-6-11-4-2-1-3-5-11/h1-6,8H,7,9-10H2,(H,15,17)(H,18,19)/b8-6+. The van der Waals surface area contributed by atoms with Crippen LogP contribution in [0.5, 0.6) is 0 Å². The predicted octanol–water partition coefficient (Wildman–Crippen LogP) is 1.25. The molecule has 0 aliphatic rings. The number of carboxylic acids is 1. The van der Waals surface area contributed by atoms with Gasteiger partial charge >= 0.3 is 5.97 Å². The quantitative estimate of drug-likeness (QED) is 0.723. The average Bonchev–Trinajstić information content (AvgIpc) is 2.41. The van der Waals surface area contributed by atoms with E-state index in [1.54, 1.807) is 6.08 Å². The summed E-state index contributed by atoms with van der Waals surface area (Å²) in [5.74, 6) is -1.71. The van der Waals surface area contributed by atoms with Crippen molar-refractivity contribution in [1.82, 2.24) is 5.32 Å². The van der Waals surface area contributed by atoms with Gasteiger partial charge in [-0.15, -0.1) is 0 Å². The second-order valence-electron chi connectivity index (χ2n) is 3.89. The molecule has 0 spiro atoms. The van der Waals surface area contributed by atoms with Gasteiger partial charge < -0.3 is 10.4 Å². The average molecular weight is 261 g/mol. The molecule has 1 rings (SSSR count). The molecule has 0 aliphatic carbocycles. The molecule has 0 fully saturated rings. The second-order valence-corrected chi connectivity index (χ2v) is 3.89. The summed E-state index contributed by atoms with van der Waals surface area (Å²) in [6.07, 6.45) is 2.68. The lowest BCUT2D eigenvalue weighted by molar-refractivity contribution is -0.138. The van der Waals surface area contributed by atoms with Gasteiger partial charge in [0.15, 0.2) is 5.78 Å². The third kappa shape index (κ3) is 6.78. The van der Waals surface area contributed by atoms with Crippen LogP contribution >= 0.6 is 0 Å². The van der Waals surface area contributed by atoms with Gasteiger partial charge in [-0.1, -0.05) is 30.3 Å². The van der Waals surface area contributed by atoms with Crippen molar-refractivity contribution in [2.45, 2.75) is 12.8 Å². The highest BCUT2D eigenvalue weighted by Gasteiger charge is 2.06. The molecule has 0 saturated heterocycles. The Morgan fingerprint density at radius 2 is 1.79 bits per heavy atom. The molecule has 0 aliphatic heterocycles. The van der Waals surface area contributed by atoms with Crippen molar-refractivity contribution >= 4 is 23.7 Å². The van der Waals surface area contributed by atoms with E-state index in [0.717, 1.165) is 5.56 Å². The van der Waals surface area contributed by atoms with Crippen LogP contribution in [0.15, 0.2) is 36.4 Å². The van der Waals surface area contributed by atoms with Crippen LogP contribution in [0.1, 0.15) is 18.4 Å². The minimum absolute atomic E-state index is 0.0714. The predicted molar refractivity (Wildman–Crippen MR) is 70.4 cm³/mol. The first-order valence-electron chi connectivity index (χ1n) is 5.82. The van der Waals surface area contributed by atoms with Crippen LogP contribution in [0.3, 0.4) is 0 Å². The first kappa shape index (κ1) is 14.6. The molecule has 1 amide bonds. The fourth-order valence-corrected chi connectivity index (χ4v) is 1.32. The summed E-state index contributed by atoms with van der Waals surface area (Å²) in [6.45, 7) is -0.148. The number of ketones is 1. The van der Waals surface area contributed by atoms with Gasteiger partial charge in [0.1, 0.15) is 0 Å². The number of benzene rings is 1. The van der Waals surface area contributed by atoms with E-state index in [4.69, 9.17) is 5.11 Å². The van der Waals surface area contributed by atoms with Crippen molar-refractivity contribution in [3.05, 3.63) is 42.0 Å². The van der Waals surface area contributed by atoms with Gasteiger partial charge in [0.2, 0.25) is 5.91 Å². The van der Waals surface area contributed by atoms with Crippen LogP contribution in [0.4, 0.5) is 0 Å². The first-order chi connectivity index (χ1) is 9.08. The lowest BCUT2D eigenvalue weighted by Crippen LogP contribution is -2.28. The van der Waals surface area contributed by atoms with Crippen molar-refractivity contribution in [2.75, 3.05) is 6.54 Å². The van der Waals surface area contributed by atoms with Gasteiger partial charge in [0.05, 0.1) is 13.0 Å². The van der Waals surface area contributed by atoms with E-state index in [1.807, 2.05) is 30.3 Å². The van der Waals surface area contributed by atoms with Crippen molar-refractivity contribution in [3.63, 3.8) is 0 Å². The molecule has 100 valence electrons. The summed E-state index contributed by atoms with van der Waals surface area (Å²) in [5, 5.41) is 10.8. The topological polar surface area (TPSA) is 83.5 Å². The molecule has 5 heteroatoms. The minimum atomic E-state index is -1.02. The van der Waals surface area contributed by atoms with Crippen LogP contribution in [-0.2, 0) is 14.4 Å². The molecule has 0 atom stereocenters. The highest BCUT2D eigenvalue weighted by atomic mass is 16.4. The monoisotopic (exact) mass is 261 g/mol. The normalized spacial score (nSPS) is 10.3. The van der Waals surface area contributed by atoms with E-state index in [2.05, 4.69) is 5.32 Å². The Morgan fingerprint density at radius 3 is 2.42 bits per heavy atom. The number of carbonyl (C=O) groups excluding carboxylic acids is 2. The number of rotatable bonds is 7. The Kier molecular flexibility index (Phi) is 6.02. The summed E-state index contributed by atoms with van der Waals surface area (Å²) in [6, 6.07) is 9.28. The molecule has 0 unspecified atom stereocenters. The van der Waals surface area contributed by atoms with Gasteiger partial charge in [-0.05, 0) is 11.6 Å². The smallest absolute Gasteiger partial charge is 0.303 e. The molecule has 0 bridgehead atoms. The number of aliphatic carboxylic acids is 1. The van der Waals surface area contributed by atoms with Crippen LogP contribution < -0.4 is 5.32 Å². The zero-order valence-electron chi connectivity index (χ0n) is 10.3. The van der Waals surface area contributed by atoms with Crippen molar-refractivity contribution in [1.29, 1.82) is 0 Å². The Labute approximate surface area is 110 Å². The zero-order chi connectivity index (χ0) is 14.1. The number of carbonyl (C=O) groups is 3. The van der Waals surface area contributed by atoms with Crippen LogP contribution in [0, 0.1) is 0 Å². The third-order valence-electron chi connectivity index (χ3n) is 2.30. The van der Waals surface area contributed by atoms with E-state index < -0.39 is 5.97 Å². The van der Waals surface area contributed by atoms with Gasteiger partial charge in [-0.3, -0.25) is 14.4 Å². The zero-order valence-corrected chi connectivity index (χ0v) is 10.3. The number of hydrogen-bond acceptors (Lipinski definition) is 3. The molecule has 19 heavy (non-hydrogen) atoms. The van der Waals surface area contributed by atoms with E-state index in [0.29, 0.717) is 0 Å². The molecule has 1 aromatic carbocycles. The second kappa shape index (κ2) is 7.81. The molecule has 0 saturated carbocycles. The number of carboxylic acid groups (broad SMARTS) is 1. The number of Topliss-reactive ketones (excluding diaryl/α,β-unsaturated/α-hetero) is 1. The Morgan fingerprint density at radius 1 is 1.11 bits per heavy atom. The van der Waals surface area contributed by atoms with Crippen molar-refractivity contribution in [2.24, 2.45) is 0 Å². The summed E-state index contributed by atoms with van der Waals surface area (Å²) in [7, 11) is 0. The van der Waals surface area contributed by atoms with E-state index in [1.165, 1.54) is 6.08 Å². The van der Waals surface area contributed by atoms with Crippen LogP contribution in [-0.4, -0.2) is 29.3 Å². The SMILES string of the molecule is O=C(O)CCC(=O)CNC(=O)/C=C/c1ccccc1. The highest BCUT2D eigenvalue weighted by Crippen LogP contribution is 2.00. The molecule has 0 radical (unpaired) electrons. The Hall–Kier alpha value is -2.43. The van der Waals surface area contributed by atoms with Gasteiger partial charge in [0.25, 0.3) is 0 Å². The molecular weight excluding hydrogens is 246 g/mol. The van der Waals surface area contributed by atoms with Gasteiger partial charge in [0, 0.05) is 12.5 Å². The van der Waals surface area contributed by atoms with E-state index in [9.17, 15) is 14.4 Å².